The molecule has 0 aliphatic rings. The average Bonchev–Trinajstić information content (AvgIpc) is 3.18. The molecule has 0 radical (unpaired) electrons. The van der Waals surface area contributed by atoms with Crippen molar-refractivity contribution in [1.29, 1.82) is 0 Å². The van der Waals surface area contributed by atoms with Gasteiger partial charge in [0.1, 0.15) is 0 Å². The third-order valence-electron chi connectivity index (χ3n) is 6.25. The second-order valence-corrected chi connectivity index (χ2v) is 10.1. The maximum atomic E-state index is 14.1. The summed E-state index contributed by atoms with van der Waals surface area (Å²) in [5, 5.41) is 0.845. The molecule has 4 nitrogen and oxygen atoms in total. The van der Waals surface area contributed by atoms with Gasteiger partial charge in [0.15, 0.2) is 0 Å². The van der Waals surface area contributed by atoms with Gasteiger partial charge in [-0.25, -0.2) is 12.4 Å². The normalized spacial score (nSPS) is 12.0. The van der Waals surface area contributed by atoms with E-state index < -0.39 is 10.0 Å². The zero-order valence-corrected chi connectivity index (χ0v) is 19.9. The van der Waals surface area contributed by atoms with E-state index in [9.17, 15) is 8.42 Å². The summed E-state index contributed by atoms with van der Waals surface area (Å²) in [5.41, 5.74) is 7.10. The predicted octanol–water partition coefficient (Wildman–Crippen LogP) is 6.53. The van der Waals surface area contributed by atoms with Gasteiger partial charge in [0.25, 0.3) is 10.0 Å². The van der Waals surface area contributed by atoms with Crippen LogP contribution in [0.15, 0.2) is 83.8 Å². The maximum Gasteiger partial charge on any atom is 0.268 e. The summed E-state index contributed by atoms with van der Waals surface area (Å²) in [6.07, 6.45) is 1.55. The number of hydrogen-bond donors (Lipinski definition) is 0. The maximum absolute atomic E-state index is 14.1. The summed E-state index contributed by atoms with van der Waals surface area (Å²) in [6.45, 7) is 6.16. The smallest absolute Gasteiger partial charge is 0.250 e. The summed E-state index contributed by atoms with van der Waals surface area (Å²) >= 11 is 0. The molecular formula is C28H26N2O2S. The monoisotopic (exact) mass is 454 g/mol. The van der Waals surface area contributed by atoms with E-state index in [4.69, 9.17) is 4.98 Å². The van der Waals surface area contributed by atoms with Crippen LogP contribution in [0.5, 0.6) is 0 Å². The van der Waals surface area contributed by atoms with E-state index >= 15 is 0 Å². The van der Waals surface area contributed by atoms with Gasteiger partial charge < -0.3 is 0 Å². The Bertz CT molecular complexity index is 1580. The first-order valence-corrected chi connectivity index (χ1v) is 12.7. The Labute approximate surface area is 194 Å². The molecule has 0 aliphatic carbocycles. The van der Waals surface area contributed by atoms with Crippen LogP contribution >= 0.6 is 0 Å². The highest BCUT2D eigenvalue weighted by Crippen LogP contribution is 2.40. The van der Waals surface area contributed by atoms with Crippen LogP contribution in [0.1, 0.15) is 30.7 Å². The highest BCUT2D eigenvalue weighted by atomic mass is 32.2. The van der Waals surface area contributed by atoms with Crippen molar-refractivity contribution in [2.45, 2.75) is 38.5 Å². The Morgan fingerprint density at radius 3 is 2.15 bits per heavy atom. The first kappa shape index (κ1) is 21.4. The molecule has 3 aromatic carbocycles. The second-order valence-electron chi connectivity index (χ2n) is 8.28. The van der Waals surface area contributed by atoms with E-state index in [1.54, 1.807) is 12.1 Å². The number of nitrogens with zero attached hydrogens (tertiary/aromatic N) is 2. The van der Waals surface area contributed by atoms with Crippen LogP contribution in [0, 0.1) is 6.92 Å². The van der Waals surface area contributed by atoms with E-state index in [0.29, 0.717) is 11.0 Å². The van der Waals surface area contributed by atoms with Crippen LogP contribution in [-0.4, -0.2) is 17.4 Å². The number of fused-ring (bicyclic) bond motifs is 3. The molecule has 5 aromatic rings. The molecule has 0 N–H and O–H groups in total. The van der Waals surface area contributed by atoms with E-state index in [2.05, 4.69) is 13.8 Å². The van der Waals surface area contributed by atoms with E-state index in [0.717, 1.165) is 51.7 Å². The van der Waals surface area contributed by atoms with Gasteiger partial charge in [-0.15, -0.1) is 0 Å². The zero-order chi connectivity index (χ0) is 23.2. The minimum Gasteiger partial charge on any atom is -0.250 e. The Morgan fingerprint density at radius 2 is 1.48 bits per heavy atom. The van der Waals surface area contributed by atoms with Crippen LogP contribution in [0.3, 0.4) is 0 Å². The number of hydrogen-bond acceptors (Lipinski definition) is 3. The Balaban J connectivity index is 2.03. The lowest BCUT2D eigenvalue weighted by Crippen LogP contribution is -2.14. The number of para-hydroxylation sites is 1. The first-order valence-electron chi connectivity index (χ1n) is 11.3. The zero-order valence-electron chi connectivity index (χ0n) is 19.0. The average molecular weight is 455 g/mol. The van der Waals surface area contributed by atoms with Crippen molar-refractivity contribution < 1.29 is 8.42 Å². The predicted molar refractivity (Wildman–Crippen MR) is 135 cm³/mol. The summed E-state index contributed by atoms with van der Waals surface area (Å²) in [6, 6.07) is 24.8. The molecule has 0 bridgehead atoms. The number of aryl methyl sites for hydroxylation is 2. The van der Waals surface area contributed by atoms with Gasteiger partial charge in [0.2, 0.25) is 0 Å². The third-order valence-corrected chi connectivity index (χ3v) is 7.98. The van der Waals surface area contributed by atoms with Gasteiger partial charge in [-0.1, -0.05) is 80.1 Å². The SMILES string of the molecule is CCc1nc2c3ccccc3n(S(=O)(=O)c3ccc(C)cc3)c2c(-c2ccccc2)c1CC. The van der Waals surface area contributed by atoms with Crippen molar-refractivity contribution in [2.75, 3.05) is 0 Å². The van der Waals surface area contributed by atoms with E-state index in [-0.39, 0.29) is 4.90 Å². The standard InChI is InChI=1S/C28H26N2O2S/c1-4-22-24(5-2)29-27-23-13-9-10-14-25(23)30(28(27)26(22)20-11-7-6-8-12-20)33(31,32)21-17-15-19(3)16-18-21/h6-18H,4-5H2,1-3H3. The number of aromatic nitrogens is 2. The van der Waals surface area contributed by atoms with E-state index in [1.165, 1.54) is 3.97 Å². The van der Waals surface area contributed by atoms with Gasteiger partial charge in [0, 0.05) is 16.6 Å². The molecule has 2 heterocycles. The van der Waals surface area contributed by atoms with Crippen molar-refractivity contribution in [2.24, 2.45) is 0 Å². The van der Waals surface area contributed by atoms with Crippen molar-refractivity contribution in [3.63, 3.8) is 0 Å². The van der Waals surface area contributed by atoms with Gasteiger partial charge in [-0.2, -0.15) is 0 Å². The molecule has 0 fully saturated rings. The number of benzene rings is 3. The fourth-order valence-corrected chi connectivity index (χ4v) is 6.20. The molecule has 5 rings (SSSR count). The van der Waals surface area contributed by atoms with Crippen molar-refractivity contribution in [3.8, 4) is 11.1 Å². The molecule has 0 saturated carbocycles. The third kappa shape index (κ3) is 3.35. The largest absolute Gasteiger partial charge is 0.268 e. The topological polar surface area (TPSA) is 52.0 Å². The van der Waals surface area contributed by atoms with Crippen molar-refractivity contribution in [3.05, 3.63) is 95.7 Å². The molecule has 166 valence electrons. The molecule has 0 atom stereocenters. The van der Waals surface area contributed by atoms with Gasteiger partial charge in [-0.05, 0) is 49.1 Å². The molecular weight excluding hydrogens is 428 g/mol. The summed E-state index contributed by atoms with van der Waals surface area (Å²) in [7, 11) is -3.86. The number of pyridine rings is 1. The van der Waals surface area contributed by atoms with Crippen LogP contribution in [0.25, 0.3) is 33.1 Å². The second kappa shape index (κ2) is 8.16. The van der Waals surface area contributed by atoms with Crippen LogP contribution in [0.2, 0.25) is 0 Å². The van der Waals surface area contributed by atoms with Gasteiger partial charge >= 0.3 is 0 Å². The minimum atomic E-state index is -3.86. The molecule has 33 heavy (non-hydrogen) atoms. The highest BCUT2D eigenvalue weighted by molar-refractivity contribution is 7.90. The lowest BCUT2D eigenvalue weighted by Gasteiger charge is -2.17. The van der Waals surface area contributed by atoms with Crippen LogP contribution < -0.4 is 0 Å². The fraction of sp³-hybridized carbons (Fsp3) is 0.179. The fourth-order valence-electron chi connectivity index (χ4n) is 4.67. The lowest BCUT2D eigenvalue weighted by atomic mass is 9.94. The molecule has 0 saturated heterocycles. The lowest BCUT2D eigenvalue weighted by molar-refractivity contribution is 0.590. The quantitative estimate of drug-likeness (QED) is 0.303. The van der Waals surface area contributed by atoms with Crippen LogP contribution in [-0.2, 0) is 22.9 Å². The van der Waals surface area contributed by atoms with E-state index in [1.807, 2.05) is 73.7 Å². The molecule has 0 unspecified atom stereocenters. The Hall–Kier alpha value is -3.44. The first-order chi connectivity index (χ1) is 16.0. The van der Waals surface area contributed by atoms with Crippen LogP contribution in [0.4, 0.5) is 0 Å². The summed E-state index contributed by atoms with van der Waals surface area (Å²) < 4.78 is 29.7. The molecule has 0 amide bonds. The molecule has 0 aliphatic heterocycles. The Kier molecular flexibility index (Phi) is 5.29. The Morgan fingerprint density at radius 1 is 0.818 bits per heavy atom. The molecule has 2 aromatic heterocycles. The summed E-state index contributed by atoms with van der Waals surface area (Å²) in [4.78, 5) is 5.31. The van der Waals surface area contributed by atoms with Gasteiger partial charge in [0.05, 0.1) is 21.4 Å². The molecule has 5 heteroatoms. The molecule has 0 spiro atoms. The number of rotatable bonds is 5. The van der Waals surface area contributed by atoms with Crippen molar-refractivity contribution >= 4 is 32.0 Å². The van der Waals surface area contributed by atoms with Gasteiger partial charge in [-0.3, -0.25) is 4.98 Å². The summed E-state index contributed by atoms with van der Waals surface area (Å²) in [5.74, 6) is 0. The van der Waals surface area contributed by atoms with Crippen molar-refractivity contribution in [1.82, 2.24) is 8.96 Å². The highest BCUT2D eigenvalue weighted by Gasteiger charge is 2.28. The minimum absolute atomic E-state index is 0.271.